The fourth-order valence-corrected chi connectivity index (χ4v) is 2.60. The van der Waals surface area contributed by atoms with Gasteiger partial charge in [0.15, 0.2) is 0 Å². The standard InChI is InChI=1S/C16H21FN2O2/c1-16(2,3)13-15(21)19(10-9-17)12(14(20)18-13)11-7-5-4-6-8-11/h4-8,12-13H,9-10H2,1-3H3,(H,18,20). The number of carbonyl (C=O) groups is 2. The van der Waals surface area contributed by atoms with Crippen molar-refractivity contribution < 1.29 is 14.0 Å². The van der Waals surface area contributed by atoms with E-state index in [2.05, 4.69) is 5.32 Å². The van der Waals surface area contributed by atoms with Crippen LogP contribution < -0.4 is 5.32 Å². The summed E-state index contributed by atoms with van der Waals surface area (Å²) >= 11 is 0. The summed E-state index contributed by atoms with van der Waals surface area (Å²) in [4.78, 5) is 26.4. The van der Waals surface area contributed by atoms with Gasteiger partial charge >= 0.3 is 0 Å². The Morgan fingerprint density at radius 2 is 1.81 bits per heavy atom. The van der Waals surface area contributed by atoms with E-state index in [4.69, 9.17) is 0 Å². The first-order valence-corrected chi connectivity index (χ1v) is 7.08. The van der Waals surface area contributed by atoms with Gasteiger partial charge in [0.25, 0.3) is 0 Å². The summed E-state index contributed by atoms with van der Waals surface area (Å²) in [7, 11) is 0. The molecule has 2 unspecified atom stereocenters. The molecule has 1 aliphatic heterocycles. The summed E-state index contributed by atoms with van der Waals surface area (Å²) in [5.41, 5.74) is 0.285. The molecular formula is C16H21FN2O2. The van der Waals surface area contributed by atoms with E-state index in [-0.39, 0.29) is 18.4 Å². The molecule has 1 aromatic carbocycles. The van der Waals surface area contributed by atoms with Crippen LogP contribution in [0.4, 0.5) is 4.39 Å². The van der Waals surface area contributed by atoms with Crippen LogP contribution in [0.1, 0.15) is 32.4 Å². The minimum Gasteiger partial charge on any atom is -0.342 e. The topological polar surface area (TPSA) is 49.4 Å². The summed E-state index contributed by atoms with van der Waals surface area (Å²) < 4.78 is 12.9. The molecule has 1 heterocycles. The van der Waals surface area contributed by atoms with Crippen molar-refractivity contribution in [1.82, 2.24) is 10.2 Å². The summed E-state index contributed by atoms with van der Waals surface area (Å²) in [6.45, 7) is 4.91. The molecule has 114 valence electrons. The number of amides is 2. The molecule has 5 heteroatoms. The van der Waals surface area contributed by atoms with Gasteiger partial charge in [0.1, 0.15) is 18.8 Å². The summed E-state index contributed by atoms with van der Waals surface area (Å²) in [6.07, 6.45) is 0. The molecule has 4 nitrogen and oxygen atoms in total. The van der Waals surface area contributed by atoms with Gasteiger partial charge in [0, 0.05) is 0 Å². The lowest BCUT2D eigenvalue weighted by molar-refractivity contribution is -0.153. The number of nitrogens with zero attached hydrogens (tertiary/aromatic N) is 1. The highest BCUT2D eigenvalue weighted by atomic mass is 19.1. The van der Waals surface area contributed by atoms with Crippen molar-refractivity contribution in [2.24, 2.45) is 5.41 Å². The molecule has 1 saturated heterocycles. The Labute approximate surface area is 124 Å². The Kier molecular flexibility index (Phi) is 4.30. The zero-order chi connectivity index (χ0) is 15.6. The normalized spacial score (nSPS) is 23.1. The molecule has 0 saturated carbocycles. The van der Waals surface area contributed by atoms with E-state index >= 15 is 0 Å². The highest BCUT2D eigenvalue weighted by Gasteiger charge is 2.45. The molecule has 0 aliphatic carbocycles. The SMILES string of the molecule is CC(C)(C)C1NC(=O)C(c2ccccc2)N(CCF)C1=O. The Balaban J connectivity index is 2.38. The van der Waals surface area contributed by atoms with Crippen LogP contribution in [0.15, 0.2) is 30.3 Å². The van der Waals surface area contributed by atoms with E-state index in [9.17, 15) is 14.0 Å². The third-order valence-electron chi connectivity index (χ3n) is 3.68. The molecule has 2 amide bonds. The second-order valence-electron chi connectivity index (χ2n) is 6.34. The monoisotopic (exact) mass is 292 g/mol. The summed E-state index contributed by atoms with van der Waals surface area (Å²) in [6, 6.07) is 7.61. The van der Waals surface area contributed by atoms with Crippen LogP contribution in [0.2, 0.25) is 0 Å². The van der Waals surface area contributed by atoms with E-state index in [0.717, 1.165) is 0 Å². The first kappa shape index (κ1) is 15.5. The fraction of sp³-hybridized carbons (Fsp3) is 0.500. The van der Waals surface area contributed by atoms with E-state index < -0.39 is 24.2 Å². The third kappa shape index (κ3) is 3.06. The predicted octanol–water partition coefficient (Wildman–Crippen LogP) is 2.07. The number of alkyl halides is 1. The van der Waals surface area contributed by atoms with Gasteiger partial charge in [-0.05, 0) is 11.0 Å². The van der Waals surface area contributed by atoms with Crippen molar-refractivity contribution >= 4 is 11.8 Å². The van der Waals surface area contributed by atoms with Gasteiger partial charge in [-0.3, -0.25) is 9.59 Å². The molecular weight excluding hydrogens is 271 g/mol. The van der Waals surface area contributed by atoms with Crippen LogP contribution in [-0.2, 0) is 9.59 Å². The minimum atomic E-state index is -0.756. The van der Waals surface area contributed by atoms with E-state index in [0.29, 0.717) is 5.56 Å². The van der Waals surface area contributed by atoms with Crippen molar-refractivity contribution in [3.63, 3.8) is 0 Å². The van der Waals surface area contributed by atoms with Gasteiger partial charge in [-0.2, -0.15) is 0 Å². The second-order valence-corrected chi connectivity index (χ2v) is 6.34. The molecule has 2 atom stereocenters. The van der Waals surface area contributed by atoms with Crippen molar-refractivity contribution in [2.75, 3.05) is 13.2 Å². The van der Waals surface area contributed by atoms with Crippen LogP contribution in [-0.4, -0.2) is 36.0 Å². The predicted molar refractivity (Wildman–Crippen MR) is 78.3 cm³/mol. The number of hydrogen-bond acceptors (Lipinski definition) is 2. The van der Waals surface area contributed by atoms with Crippen LogP contribution in [0.25, 0.3) is 0 Å². The van der Waals surface area contributed by atoms with Crippen LogP contribution in [0, 0.1) is 5.41 Å². The quantitative estimate of drug-likeness (QED) is 0.927. The van der Waals surface area contributed by atoms with E-state index in [1.807, 2.05) is 26.8 Å². The van der Waals surface area contributed by atoms with Gasteiger partial charge in [-0.1, -0.05) is 51.1 Å². The Morgan fingerprint density at radius 3 is 2.33 bits per heavy atom. The van der Waals surface area contributed by atoms with Crippen LogP contribution >= 0.6 is 0 Å². The maximum absolute atomic E-state index is 12.9. The second kappa shape index (κ2) is 5.84. The van der Waals surface area contributed by atoms with Gasteiger partial charge in [-0.15, -0.1) is 0 Å². The Hall–Kier alpha value is -1.91. The number of benzene rings is 1. The first-order chi connectivity index (χ1) is 9.86. The van der Waals surface area contributed by atoms with Gasteiger partial charge < -0.3 is 10.2 Å². The number of nitrogens with one attached hydrogen (secondary N) is 1. The Morgan fingerprint density at radius 1 is 1.19 bits per heavy atom. The van der Waals surface area contributed by atoms with Crippen molar-refractivity contribution in [3.05, 3.63) is 35.9 Å². The molecule has 1 aliphatic rings. The van der Waals surface area contributed by atoms with Gasteiger partial charge in [0.05, 0.1) is 6.54 Å². The number of piperazine rings is 1. The van der Waals surface area contributed by atoms with Crippen molar-refractivity contribution in [2.45, 2.75) is 32.9 Å². The highest BCUT2D eigenvalue weighted by molar-refractivity contribution is 5.98. The van der Waals surface area contributed by atoms with Gasteiger partial charge in [0.2, 0.25) is 11.8 Å². The molecule has 0 bridgehead atoms. The van der Waals surface area contributed by atoms with Crippen molar-refractivity contribution in [3.8, 4) is 0 Å². The molecule has 1 N–H and O–H groups in total. The van der Waals surface area contributed by atoms with Crippen LogP contribution in [0.5, 0.6) is 0 Å². The maximum atomic E-state index is 12.9. The summed E-state index contributed by atoms with van der Waals surface area (Å²) in [5, 5.41) is 2.79. The largest absolute Gasteiger partial charge is 0.342 e. The zero-order valence-corrected chi connectivity index (χ0v) is 12.6. The number of halogens is 1. The van der Waals surface area contributed by atoms with E-state index in [1.54, 1.807) is 24.3 Å². The number of hydrogen-bond donors (Lipinski definition) is 1. The fourth-order valence-electron chi connectivity index (χ4n) is 2.60. The smallest absolute Gasteiger partial charge is 0.248 e. The molecule has 21 heavy (non-hydrogen) atoms. The van der Waals surface area contributed by atoms with Crippen LogP contribution in [0.3, 0.4) is 0 Å². The maximum Gasteiger partial charge on any atom is 0.248 e. The lowest BCUT2D eigenvalue weighted by Gasteiger charge is -2.43. The minimum absolute atomic E-state index is 0.0710. The van der Waals surface area contributed by atoms with Gasteiger partial charge in [-0.25, -0.2) is 4.39 Å². The lowest BCUT2D eigenvalue weighted by atomic mass is 9.83. The first-order valence-electron chi connectivity index (χ1n) is 7.08. The molecule has 1 fully saturated rings. The zero-order valence-electron chi connectivity index (χ0n) is 12.6. The average Bonchev–Trinajstić information content (AvgIpc) is 2.42. The number of carbonyl (C=O) groups excluding carboxylic acids is 2. The molecule has 0 radical (unpaired) electrons. The molecule has 0 spiro atoms. The summed E-state index contributed by atoms with van der Waals surface area (Å²) in [5.74, 6) is -0.484. The highest BCUT2D eigenvalue weighted by Crippen LogP contribution is 2.31. The molecule has 1 aromatic rings. The third-order valence-corrected chi connectivity index (χ3v) is 3.68. The van der Waals surface area contributed by atoms with Crippen molar-refractivity contribution in [1.29, 1.82) is 0 Å². The molecule has 0 aromatic heterocycles. The van der Waals surface area contributed by atoms with E-state index in [1.165, 1.54) is 4.90 Å². The molecule has 2 rings (SSSR count). The Bertz CT molecular complexity index is 525. The number of rotatable bonds is 3. The lowest BCUT2D eigenvalue weighted by Crippen LogP contribution is -2.63. The average molecular weight is 292 g/mol.